The van der Waals surface area contributed by atoms with E-state index in [0.29, 0.717) is 5.75 Å². The fourth-order valence-corrected chi connectivity index (χ4v) is 2.59. The maximum absolute atomic E-state index is 11.5. The van der Waals surface area contributed by atoms with E-state index in [-0.39, 0.29) is 11.5 Å². The Kier molecular flexibility index (Phi) is 4.90. The lowest BCUT2D eigenvalue weighted by Gasteiger charge is -2.06. The Morgan fingerprint density at radius 2 is 1.60 bits per heavy atom. The Morgan fingerprint density at radius 1 is 1.00 bits per heavy atom. The van der Waals surface area contributed by atoms with Gasteiger partial charge in [-0.15, -0.1) is 0 Å². The van der Waals surface area contributed by atoms with Crippen LogP contribution in [-0.2, 0) is 21.3 Å². The van der Waals surface area contributed by atoms with E-state index >= 15 is 0 Å². The van der Waals surface area contributed by atoms with Crippen LogP contribution in [0.2, 0.25) is 0 Å². The molecule has 0 aromatic heterocycles. The molecular weight excluding hydrogens is 276 g/mol. The summed E-state index contributed by atoms with van der Waals surface area (Å²) in [7, 11) is -1.39. The molecule has 0 amide bonds. The van der Waals surface area contributed by atoms with Crippen LogP contribution in [0.25, 0.3) is 0 Å². The number of ether oxygens (including phenoxy) is 1. The van der Waals surface area contributed by atoms with Crippen molar-refractivity contribution < 1.29 is 18.8 Å². The average Bonchev–Trinajstić information content (AvgIpc) is 2.41. The molecule has 0 saturated heterocycles. The maximum Gasteiger partial charge on any atom is 0.316 e. The van der Waals surface area contributed by atoms with Crippen molar-refractivity contribution in [2.45, 2.75) is 5.75 Å². The first-order valence-corrected chi connectivity index (χ1v) is 7.51. The van der Waals surface area contributed by atoms with E-state index in [1.165, 1.54) is 0 Å². The van der Waals surface area contributed by atoms with Gasteiger partial charge in [-0.1, -0.05) is 30.3 Å². The van der Waals surface area contributed by atoms with Gasteiger partial charge in [-0.25, -0.2) is 0 Å². The summed E-state index contributed by atoms with van der Waals surface area (Å²) < 4.78 is 17.1. The Hall–Kier alpha value is -2.14. The Balaban J connectivity index is 1.96. The fourth-order valence-electron chi connectivity index (χ4n) is 1.65. The van der Waals surface area contributed by atoms with Crippen molar-refractivity contribution in [1.82, 2.24) is 0 Å². The molecule has 20 heavy (non-hydrogen) atoms. The zero-order valence-electron chi connectivity index (χ0n) is 10.7. The van der Waals surface area contributed by atoms with E-state index in [1.807, 2.05) is 30.3 Å². The normalized spacial score (nSPS) is 11.8. The Morgan fingerprint density at radius 3 is 2.20 bits per heavy atom. The summed E-state index contributed by atoms with van der Waals surface area (Å²) >= 11 is 0. The topological polar surface area (TPSA) is 63.6 Å². The summed E-state index contributed by atoms with van der Waals surface area (Å²) in [5, 5.41) is 8.56. The minimum Gasteiger partial charge on any atom is -0.481 e. The van der Waals surface area contributed by atoms with Crippen molar-refractivity contribution in [3.63, 3.8) is 0 Å². The van der Waals surface area contributed by atoms with Gasteiger partial charge in [0, 0.05) is 16.6 Å². The predicted octanol–water partition coefficient (Wildman–Crippen LogP) is 2.81. The molecule has 0 fully saturated rings. The van der Waals surface area contributed by atoms with E-state index < -0.39 is 16.8 Å². The molecule has 0 heterocycles. The molecule has 4 nitrogen and oxygen atoms in total. The molecule has 104 valence electrons. The zero-order chi connectivity index (χ0) is 14.4. The van der Waals surface area contributed by atoms with E-state index in [1.54, 1.807) is 24.3 Å². The van der Waals surface area contributed by atoms with Gasteiger partial charge >= 0.3 is 5.97 Å². The van der Waals surface area contributed by atoms with Gasteiger partial charge in [-0.05, 0) is 29.8 Å². The summed E-state index contributed by atoms with van der Waals surface area (Å²) in [6.07, 6.45) is 0. The summed E-state index contributed by atoms with van der Waals surface area (Å²) in [6, 6.07) is 16.5. The molecule has 2 aromatic rings. The molecule has 0 radical (unpaired) electrons. The highest BCUT2D eigenvalue weighted by Gasteiger charge is 2.07. The van der Waals surface area contributed by atoms with E-state index in [2.05, 4.69) is 0 Å². The monoisotopic (exact) mass is 290 g/mol. The van der Waals surface area contributed by atoms with Gasteiger partial charge in [-0.2, -0.15) is 0 Å². The van der Waals surface area contributed by atoms with Crippen LogP contribution in [0.3, 0.4) is 0 Å². The number of para-hydroxylation sites is 1. The van der Waals surface area contributed by atoms with Crippen LogP contribution < -0.4 is 4.74 Å². The van der Waals surface area contributed by atoms with Gasteiger partial charge in [0.05, 0.1) is 0 Å². The van der Waals surface area contributed by atoms with Crippen molar-refractivity contribution in [2.75, 3.05) is 5.75 Å². The van der Waals surface area contributed by atoms with Crippen molar-refractivity contribution in [3.8, 4) is 11.5 Å². The van der Waals surface area contributed by atoms with Crippen LogP contribution in [0.5, 0.6) is 11.5 Å². The highest BCUT2D eigenvalue weighted by Crippen LogP contribution is 2.21. The molecule has 1 N–H and O–H groups in total. The fraction of sp³-hybridized carbons (Fsp3) is 0.133. The van der Waals surface area contributed by atoms with Crippen molar-refractivity contribution >= 4 is 16.8 Å². The highest BCUT2D eigenvalue weighted by molar-refractivity contribution is 7.84. The molecule has 2 aromatic carbocycles. The number of aliphatic carboxylic acids is 1. The highest BCUT2D eigenvalue weighted by atomic mass is 32.2. The number of carboxylic acids is 1. The van der Waals surface area contributed by atoms with Crippen molar-refractivity contribution in [3.05, 3.63) is 60.2 Å². The van der Waals surface area contributed by atoms with E-state index in [0.717, 1.165) is 11.3 Å². The first-order valence-electron chi connectivity index (χ1n) is 6.02. The van der Waals surface area contributed by atoms with E-state index in [4.69, 9.17) is 9.84 Å². The molecule has 0 aliphatic rings. The molecule has 5 heteroatoms. The second-order valence-corrected chi connectivity index (χ2v) is 5.64. The van der Waals surface area contributed by atoms with Crippen LogP contribution in [-0.4, -0.2) is 21.0 Å². The van der Waals surface area contributed by atoms with Crippen LogP contribution in [0.15, 0.2) is 54.6 Å². The number of benzene rings is 2. The first kappa shape index (κ1) is 14.3. The summed E-state index contributed by atoms with van der Waals surface area (Å²) in [4.78, 5) is 10.4. The third kappa shape index (κ3) is 4.51. The standard InChI is InChI=1S/C15H14O4S/c16-15(17)11-20(18)10-12-6-8-14(9-7-12)19-13-4-2-1-3-5-13/h1-9H,10-11H2,(H,16,17)/t20-/m1/s1. The number of carbonyl (C=O) groups is 1. The summed E-state index contributed by atoms with van der Waals surface area (Å²) in [5.74, 6) is 0.284. The molecule has 1 atom stereocenters. The first-order chi connectivity index (χ1) is 9.63. The third-order valence-corrected chi connectivity index (χ3v) is 3.74. The Labute approximate surface area is 119 Å². The second kappa shape index (κ2) is 6.86. The molecule has 0 spiro atoms. The average molecular weight is 290 g/mol. The number of hydrogen-bond donors (Lipinski definition) is 1. The largest absolute Gasteiger partial charge is 0.481 e. The zero-order valence-corrected chi connectivity index (χ0v) is 11.5. The number of hydrogen-bond acceptors (Lipinski definition) is 3. The van der Waals surface area contributed by atoms with Crippen molar-refractivity contribution in [1.29, 1.82) is 0 Å². The molecule has 2 rings (SSSR count). The quantitative estimate of drug-likeness (QED) is 0.888. The van der Waals surface area contributed by atoms with Crippen LogP contribution in [0.1, 0.15) is 5.56 Å². The maximum atomic E-state index is 11.5. The van der Waals surface area contributed by atoms with Crippen molar-refractivity contribution in [2.24, 2.45) is 0 Å². The minimum absolute atomic E-state index is 0.234. The number of carboxylic acid groups (broad SMARTS) is 1. The molecular formula is C15H14O4S. The lowest BCUT2D eigenvalue weighted by Crippen LogP contribution is -2.10. The van der Waals surface area contributed by atoms with Gasteiger partial charge in [0.15, 0.2) is 0 Å². The molecule has 0 unspecified atom stereocenters. The van der Waals surface area contributed by atoms with E-state index in [9.17, 15) is 9.00 Å². The predicted molar refractivity (Wildman–Crippen MR) is 77.3 cm³/mol. The third-order valence-electron chi connectivity index (χ3n) is 2.51. The van der Waals surface area contributed by atoms with Gasteiger partial charge in [0.1, 0.15) is 17.3 Å². The SMILES string of the molecule is O=C(O)C[S@](=O)Cc1ccc(Oc2ccccc2)cc1. The molecule has 0 saturated carbocycles. The number of rotatable bonds is 6. The lowest BCUT2D eigenvalue weighted by atomic mass is 10.2. The molecule has 0 aliphatic carbocycles. The summed E-state index contributed by atoms with van der Waals surface area (Å²) in [6.45, 7) is 0. The van der Waals surface area contributed by atoms with Gasteiger partial charge in [0.25, 0.3) is 0 Å². The van der Waals surface area contributed by atoms with Crippen LogP contribution in [0, 0.1) is 0 Å². The van der Waals surface area contributed by atoms with Gasteiger partial charge < -0.3 is 9.84 Å². The van der Waals surface area contributed by atoms with Crippen LogP contribution >= 0.6 is 0 Å². The van der Waals surface area contributed by atoms with Gasteiger partial charge in [0.2, 0.25) is 0 Å². The van der Waals surface area contributed by atoms with Crippen LogP contribution in [0.4, 0.5) is 0 Å². The smallest absolute Gasteiger partial charge is 0.316 e. The molecule has 0 bridgehead atoms. The Bertz CT molecular complexity index is 593. The lowest BCUT2D eigenvalue weighted by molar-refractivity contribution is -0.133. The molecule has 0 aliphatic heterocycles. The van der Waals surface area contributed by atoms with Gasteiger partial charge in [-0.3, -0.25) is 9.00 Å². The minimum atomic E-state index is -1.39. The summed E-state index contributed by atoms with van der Waals surface area (Å²) in [5.41, 5.74) is 0.824. The second-order valence-electron chi connectivity index (χ2n) is 4.18.